The topological polar surface area (TPSA) is 104 Å². The second-order valence-corrected chi connectivity index (χ2v) is 7.47. The Hall–Kier alpha value is -2.94. The van der Waals surface area contributed by atoms with Gasteiger partial charge >= 0.3 is 11.1 Å². The minimum Gasteiger partial charge on any atom is -0.467 e. The fraction of sp³-hybridized carbons (Fsp3) is 0.235. The summed E-state index contributed by atoms with van der Waals surface area (Å²) in [6.07, 6.45) is 1.71. The van der Waals surface area contributed by atoms with Crippen LogP contribution in [0.5, 0.6) is 0 Å². The Morgan fingerprint density at radius 1 is 1.08 bits per heavy atom. The average Bonchev–Trinajstić information content (AvgIpc) is 3.12. The lowest BCUT2D eigenvalue weighted by Crippen LogP contribution is -2.46. The number of rotatable bonds is 5. The van der Waals surface area contributed by atoms with E-state index < -0.39 is 21.1 Å². The van der Waals surface area contributed by atoms with Crippen LogP contribution in [0.3, 0.4) is 0 Å². The highest BCUT2D eigenvalue weighted by Crippen LogP contribution is 2.12. The van der Waals surface area contributed by atoms with Crippen LogP contribution in [-0.4, -0.2) is 22.2 Å². The fourth-order valence-corrected chi connectivity index (χ4v) is 3.65. The Balaban J connectivity index is 2.18. The standard InChI is InChI=1S/C17H17N3O5S/c1-3-15-18-20(26(23,24)14-8-6-12(2)7-9-14)17(22)16(21)19(15)11-13-5-4-10-25-13/h4-10H,3,11H2,1-2H3. The number of nitrogens with zero attached hydrogens (tertiary/aromatic N) is 3. The van der Waals surface area contributed by atoms with E-state index in [4.69, 9.17) is 4.42 Å². The number of hydrogen-bond donors (Lipinski definition) is 0. The van der Waals surface area contributed by atoms with E-state index in [-0.39, 0.29) is 27.8 Å². The van der Waals surface area contributed by atoms with E-state index in [1.54, 1.807) is 31.2 Å². The number of hydrogen-bond acceptors (Lipinski definition) is 6. The first-order valence-corrected chi connectivity index (χ1v) is 9.36. The van der Waals surface area contributed by atoms with Crippen molar-refractivity contribution in [3.8, 4) is 0 Å². The molecule has 0 saturated carbocycles. The minimum atomic E-state index is -4.26. The molecule has 0 N–H and O–H groups in total. The van der Waals surface area contributed by atoms with Crippen LogP contribution < -0.4 is 11.1 Å². The van der Waals surface area contributed by atoms with Gasteiger partial charge in [-0.15, -0.1) is 9.19 Å². The molecule has 0 aliphatic heterocycles. The zero-order valence-electron chi connectivity index (χ0n) is 14.2. The molecular weight excluding hydrogens is 358 g/mol. The Kier molecular flexibility index (Phi) is 4.64. The van der Waals surface area contributed by atoms with Gasteiger partial charge in [-0.05, 0) is 31.2 Å². The second-order valence-electron chi connectivity index (χ2n) is 5.71. The molecule has 0 bridgehead atoms. The molecular formula is C17H17N3O5S. The van der Waals surface area contributed by atoms with Crippen LogP contribution in [0.4, 0.5) is 0 Å². The van der Waals surface area contributed by atoms with Gasteiger partial charge in [0.2, 0.25) is 0 Å². The monoisotopic (exact) mass is 375 g/mol. The molecule has 8 nitrogen and oxygen atoms in total. The Morgan fingerprint density at radius 3 is 2.35 bits per heavy atom. The van der Waals surface area contributed by atoms with Gasteiger partial charge in [-0.25, -0.2) is 0 Å². The summed E-state index contributed by atoms with van der Waals surface area (Å²) >= 11 is 0. The highest BCUT2D eigenvalue weighted by atomic mass is 32.2. The van der Waals surface area contributed by atoms with Gasteiger partial charge in [0.05, 0.1) is 17.7 Å². The average molecular weight is 375 g/mol. The molecule has 0 aliphatic carbocycles. The van der Waals surface area contributed by atoms with Gasteiger partial charge < -0.3 is 4.42 Å². The summed E-state index contributed by atoms with van der Waals surface area (Å²) in [6, 6.07) is 9.27. The van der Waals surface area contributed by atoms with E-state index in [9.17, 15) is 18.0 Å². The van der Waals surface area contributed by atoms with Crippen molar-refractivity contribution >= 4 is 10.0 Å². The predicted molar refractivity (Wildman–Crippen MR) is 93.7 cm³/mol. The molecule has 0 spiro atoms. The third-order valence-electron chi connectivity index (χ3n) is 3.88. The van der Waals surface area contributed by atoms with Crippen molar-refractivity contribution in [1.29, 1.82) is 0 Å². The molecule has 26 heavy (non-hydrogen) atoms. The zero-order valence-corrected chi connectivity index (χ0v) is 15.1. The molecule has 0 radical (unpaired) electrons. The Bertz CT molecular complexity index is 1140. The second kappa shape index (κ2) is 6.75. The van der Waals surface area contributed by atoms with E-state index in [1.807, 2.05) is 6.92 Å². The zero-order chi connectivity index (χ0) is 18.9. The van der Waals surface area contributed by atoms with Gasteiger partial charge in [-0.1, -0.05) is 24.6 Å². The van der Waals surface area contributed by atoms with Crippen LogP contribution in [0.15, 0.2) is 61.6 Å². The highest BCUT2D eigenvalue weighted by molar-refractivity contribution is 7.89. The Morgan fingerprint density at radius 2 is 1.77 bits per heavy atom. The van der Waals surface area contributed by atoms with Crippen LogP contribution in [0.1, 0.15) is 24.1 Å². The molecule has 0 aliphatic rings. The van der Waals surface area contributed by atoms with Crippen molar-refractivity contribution in [2.24, 2.45) is 0 Å². The first-order chi connectivity index (χ1) is 12.3. The molecule has 9 heteroatoms. The number of aryl methyl sites for hydroxylation is 2. The van der Waals surface area contributed by atoms with Crippen molar-refractivity contribution in [2.45, 2.75) is 31.7 Å². The van der Waals surface area contributed by atoms with Gasteiger partial charge in [0.15, 0.2) is 0 Å². The van der Waals surface area contributed by atoms with Crippen molar-refractivity contribution in [2.75, 3.05) is 0 Å². The SMILES string of the molecule is CCc1nn(S(=O)(=O)c2ccc(C)cc2)c(=O)c(=O)n1Cc1ccco1. The molecule has 3 aromatic rings. The number of aromatic nitrogens is 3. The van der Waals surface area contributed by atoms with Gasteiger partial charge in [0.1, 0.15) is 11.6 Å². The molecule has 0 fully saturated rings. The summed E-state index contributed by atoms with van der Waals surface area (Å²) in [5, 5.41) is 3.94. The summed E-state index contributed by atoms with van der Waals surface area (Å²) in [4.78, 5) is 24.8. The van der Waals surface area contributed by atoms with E-state index in [0.29, 0.717) is 5.76 Å². The maximum Gasteiger partial charge on any atom is 0.347 e. The summed E-state index contributed by atoms with van der Waals surface area (Å²) in [6.45, 7) is 3.53. The lowest BCUT2D eigenvalue weighted by Gasteiger charge is -2.12. The van der Waals surface area contributed by atoms with E-state index in [2.05, 4.69) is 5.10 Å². The molecule has 0 amide bonds. The lowest BCUT2D eigenvalue weighted by molar-refractivity contribution is 0.474. The molecule has 1 aromatic carbocycles. The van der Waals surface area contributed by atoms with E-state index >= 15 is 0 Å². The van der Waals surface area contributed by atoms with Crippen LogP contribution in [0.2, 0.25) is 0 Å². The summed E-state index contributed by atoms with van der Waals surface area (Å²) in [5.41, 5.74) is -1.33. The first kappa shape index (κ1) is 17.9. The first-order valence-electron chi connectivity index (χ1n) is 7.92. The summed E-state index contributed by atoms with van der Waals surface area (Å²) < 4.78 is 32.1. The Labute approximate surface area is 149 Å². The highest BCUT2D eigenvalue weighted by Gasteiger charge is 2.24. The van der Waals surface area contributed by atoms with Gasteiger partial charge in [0.25, 0.3) is 10.0 Å². The number of benzene rings is 1. The van der Waals surface area contributed by atoms with Crippen molar-refractivity contribution in [3.05, 3.63) is 80.5 Å². The predicted octanol–water partition coefficient (Wildman–Crippen LogP) is 1.15. The molecule has 0 atom stereocenters. The fourth-order valence-electron chi connectivity index (χ4n) is 2.47. The van der Waals surface area contributed by atoms with Gasteiger partial charge in [-0.3, -0.25) is 14.2 Å². The molecule has 136 valence electrons. The van der Waals surface area contributed by atoms with Crippen LogP contribution in [-0.2, 0) is 23.0 Å². The van der Waals surface area contributed by atoms with Crippen molar-refractivity contribution < 1.29 is 12.8 Å². The third kappa shape index (κ3) is 3.13. The van der Waals surface area contributed by atoms with Crippen molar-refractivity contribution in [3.63, 3.8) is 0 Å². The quantitative estimate of drug-likeness (QED) is 0.620. The molecule has 2 heterocycles. The normalized spacial score (nSPS) is 11.6. The summed E-state index contributed by atoms with van der Waals surface area (Å²) in [7, 11) is -4.26. The van der Waals surface area contributed by atoms with E-state index in [0.717, 1.165) is 10.1 Å². The van der Waals surface area contributed by atoms with Crippen LogP contribution >= 0.6 is 0 Å². The van der Waals surface area contributed by atoms with Crippen molar-refractivity contribution in [1.82, 2.24) is 13.8 Å². The molecule has 0 saturated heterocycles. The molecule has 2 aromatic heterocycles. The lowest BCUT2D eigenvalue weighted by atomic mass is 10.2. The summed E-state index contributed by atoms with van der Waals surface area (Å²) in [5.74, 6) is 0.629. The van der Waals surface area contributed by atoms with Gasteiger partial charge in [0, 0.05) is 6.42 Å². The van der Waals surface area contributed by atoms with Crippen LogP contribution in [0, 0.1) is 6.92 Å². The maximum absolute atomic E-state index is 12.7. The molecule has 0 unspecified atom stereocenters. The molecule has 3 rings (SSSR count). The minimum absolute atomic E-state index is 0.00264. The van der Waals surface area contributed by atoms with E-state index in [1.165, 1.54) is 18.4 Å². The number of furan rings is 1. The largest absolute Gasteiger partial charge is 0.467 e. The third-order valence-corrected chi connectivity index (χ3v) is 5.45. The van der Waals surface area contributed by atoms with Gasteiger partial charge in [-0.2, -0.15) is 8.42 Å². The smallest absolute Gasteiger partial charge is 0.347 e. The maximum atomic E-state index is 12.7. The van der Waals surface area contributed by atoms with Crippen LogP contribution in [0.25, 0.3) is 0 Å².